The Morgan fingerprint density at radius 1 is 1.46 bits per heavy atom. The zero-order valence-electron chi connectivity index (χ0n) is 13.6. The number of carbonyl (C=O) groups is 2. The molecule has 10 heteroatoms. The lowest BCUT2D eigenvalue weighted by atomic mass is 10.2. The number of amides is 2. The first kappa shape index (κ1) is 16.3. The zero-order chi connectivity index (χ0) is 18.5. The minimum atomic E-state index is -3.57. The molecule has 0 spiro atoms. The number of aromatic nitrogens is 2. The van der Waals surface area contributed by atoms with Gasteiger partial charge in [0, 0.05) is 25.4 Å². The third kappa shape index (κ3) is 2.63. The van der Waals surface area contributed by atoms with Gasteiger partial charge in [0.05, 0.1) is 24.5 Å². The Kier molecular flexibility index (Phi) is 3.56. The highest BCUT2D eigenvalue weighted by molar-refractivity contribution is 5.90. The van der Waals surface area contributed by atoms with Gasteiger partial charge < -0.3 is 14.8 Å². The van der Waals surface area contributed by atoms with Crippen molar-refractivity contribution in [3.05, 3.63) is 36.4 Å². The van der Waals surface area contributed by atoms with E-state index < -0.39 is 24.1 Å². The first-order valence-electron chi connectivity index (χ1n) is 7.83. The van der Waals surface area contributed by atoms with E-state index in [1.54, 1.807) is 12.1 Å². The average molecular weight is 364 g/mol. The van der Waals surface area contributed by atoms with E-state index in [1.807, 2.05) is 0 Å². The van der Waals surface area contributed by atoms with Gasteiger partial charge in [-0.3, -0.25) is 14.3 Å². The minimum Gasteiger partial charge on any atom is -0.442 e. The van der Waals surface area contributed by atoms with Crippen molar-refractivity contribution >= 4 is 17.7 Å². The predicted molar refractivity (Wildman–Crippen MR) is 84.4 cm³/mol. The van der Waals surface area contributed by atoms with Crippen LogP contribution in [-0.4, -0.2) is 40.7 Å². The van der Waals surface area contributed by atoms with Crippen LogP contribution < -0.4 is 15.0 Å². The van der Waals surface area contributed by atoms with Crippen LogP contribution in [0.2, 0.25) is 0 Å². The Bertz CT molecular complexity index is 898. The molecule has 0 saturated carbocycles. The number of imidazole rings is 1. The van der Waals surface area contributed by atoms with Crippen molar-refractivity contribution in [2.24, 2.45) is 0 Å². The number of anilines is 1. The number of hydrogen-bond acceptors (Lipinski definition) is 5. The van der Waals surface area contributed by atoms with E-state index in [0.717, 1.165) is 0 Å². The van der Waals surface area contributed by atoms with Crippen LogP contribution in [0.5, 0.6) is 5.75 Å². The summed E-state index contributed by atoms with van der Waals surface area (Å²) in [6, 6.07) is 4.53. The maximum absolute atomic E-state index is 14.1. The number of hydrogen-bond donors (Lipinski definition) is 1. The van der Waals surface area contributed by atoms with Gasteiger partial charge in [0.15, 0.2) is 5.75 Å². The number of alkyl halides is 2. The Balaban J connectivity index is 1.61. The van der Waals surface area contributed by atoms with E-state index in [-0.39, 0.29) is 24.7 Å². The summed E-state index contributed by atoms with van der Waals surface area (Å²) in [5, 5.41) is 2.57. The molecular formula is C16H14F2N4O4. The molecule has 0 radical (unpaired) electrons. The SMILES string of the molecule is CC(=O)NC[C@H]1CN(c2ccc3c(c2)OC(F)(F)c2nccn2-3)C(=O)O1. The van der Waals surface area contributed by atoms with Crippen molar-refractivity contribution < 1.29 is 27.8 Å². The van der Waals surface area contributed by atoms with Crippen molar-refractivity contribution in [2.75, 3.05) is 18.0 Å². The largest absolute Gasteiger partial charge is 0.461 e. The van der Waals surface area contributed by atoms with E-state index in [4.69, 9.17) is 9.47 Å². The summed E-state index contributed by atoms with van der Waals surface area (Å²) in [5.41, 5.74) is 0.757. The standard InChI is InChI=1S/C16H14F2N4O4/c1-9(23)20-7-11-8-22(15(24)25-11)10-2-3-12-13(6-10)26-16(17,18)14-19-4-5-21(12)14/h2-6,11H,7-8H2,1H3,(H,20,23)/t11-/m0/s1. The van der Waals surface area contributed by atoms with Gasteiger partial charge in [-0.2, -0.15) is 8.78 Å². The van der Waals surface area contributed by atoms with Crippen molar-refractivity contribution in [1.82, 2.24) is 14.9 Å². The van der Waals surface area contributed by atoms with Gasteiger partial charge in [0.1, 0.15) is 6.10 Å². The lowest BCUT2D eigenvalue weighted by Gasteiger charge is -2.27. The summed E-state index contributed by atoms with van der Waals surface area (Å²) >= 11 is 0. The zero-order valence-corrected chi connectivity index (χ0v) is 13.6. The number of nitrogens with one attached hydrogen (secondary N) is 1. The van der Waals surface area contributed by atoms with Crippen molar-refractivity contribution in [3.63, 3.8) is 0 Å². The molecular weight excluding hydrogens is 350 g/mol. The molecule has 2 aliphatic rings. The lowest BCUT2D eigenvalue weighted by molar-refractivity contribution is -0.197. The van der Waals surface area contributed by atoms with Crippen LogP contribution in [0.25, 0.3) is 5.69 Å². The van der Waals surface area contributed by atoms with Gasteiger partial charge in [-0.1, -0.05) is 0 Å². The summed E-state index contributed by atoms with van der Waals surface area (Å²) in [6.07, 6.45) is -2.04. The van der Waals surface area contributed by atoms with Gasteiger partial charge in [-0.25, -0.2) is 9.78 Å². The third-order valence-corrected chi connectivity index (χ3v) is 4.11. The molecule has 0 bridgehead atoms. The van der Waals surface area contributed by atoms with E-state index in [2.05, 4.69) is 10.3 Å². The third-order valence-electron chi connectivity index (χ3n) is 4.11. The molecule has 1 saturated heterocycles. The number of rotatable bonds is 3. The topological polar surface area (TPSA) is 85.7 Å². The molecule has 1 N–H and O–H groups in total. The molecule has 2 aliphatic heterocycles. The number of halogens is 2. The number of nitrogens with zero attached hydrogens (tertiary/aromatic N) is 3. The highest BCUT2D eigenvalue weighted by Gasteiger charge is 2.44. The second-order valence-electron chi connectivity index (χ2n) is 5.95. The maximum atomic E-state index is 14.1. The molecule has 1 aromatic carbocycles. The fraction of sp³-hybridized carbons (Fsp3) is 0.312. The molecule has 1 aromatic heterocycles. The summed E-state index contributed by atoms with van der Waals surface area (Å²) < 4.78 is 39.4. The Hall–Kier alpha value is -3.17. The van der Waals surface area contributed by atoms with E-state index >= 15 is 0 Å². The highest BCUT2D eigenvalue weighted by atomic mass is 19.3. The smallest absolute Gasteiger partial charge is 0.442 e. The molecule has 3 heterocycles. The second kappa shape index (κ2) is 5.68. The number of cyclic esters (lactones) is 1. The first-order valence-corrected chi connectivity index (χ1v) is 7.83. The molecule has 4 rings (SSSR count). The van der Waals surface area contributed by atoms with Gasteiger partial charge in [0.25, 0.3) is 0 Å². The van der Waals surface area contributed by atoms with Crippen molar-refractivity contribution in [3.8, 4) is 11.4 Å². The molecule has 1 atom stereocenters. The summed E-state index contributed by atoms with van der Waals surface area (Å²) in [4.78, 5) is 28.0. The lowest BCUT2D eigenvalue weighted by Crippen LogP contribution is -2.33. The minimum absolute atomic E-state index is 0.0730. The predicted octanol–water partition coefficient (Wildman–Crippen LogP) is 1.78. The van der Waals surface area contributed by atoms with E-state index in [1.165, 1.54) is 34.9 Å². The summed E-state index contributed by atoms with van der Waals surface area (Å²) in [7, 11) is 0. The second-order valence-corrected chi connectivity index (χ2v) is 5.95. The highest BCUT2D eigenvalue weighted by Crippen LogP contribution is 2.42. The summed E-state index contributed by atoms with van der Waals surface area (Å²) in [5.74, 6) is -0.815. The van der Waals surface area contributed by atoms with Crippen LogP contribution in [0, 0.1) is 0 Å². The maximum Gasteiger partial charge on any atom is 0.461 e. The number of benzene rings is 1. The van der Waals surface area contributed by atoms with Crippen LogP contribution in [0.4, 0.5) is 19.3 Å². The molecule has 26 heavy (non-hydrogen) atoms. The van der Waals surface area contributed by atoms with Crippen molar-refractivity contribution in [1.29, 1.82) is 0 Å². The van der Waals surface area contributed by atoms with E-state index in [9.17, 15) is 18.4 Å². The van der Waals surface area contributed by atoms with Gasteiger partial charge in [0.2, 0.25) is 11.7 Å². The van der Waals surface area contributed by atoms with Gasteiger partial charge >= 0.3 is 12.2 Å². The fourth-order valence-corrected chi connectivity index (χ4v) is 2.94. The molecule has 0 unspecified atom stereocenters. The Morgan fingerprint density at radius 3 is 3.04 bits per heavy atom. The van der Waals surface area contributed by atoms with E-state index in [0.29, 0.717) is 11.4 Å². The van der Waals surface area contributed by atoms with Crippen LogP contribution >= 0.6 is 0 Å². The van der Waals surface area contributed by atoms with Crippen LogP contribution in [0.15, 0.2) is 30.6 Å². The molecule has 1 fully saturated rings. The van der Waals surface area contributed by atoms with Crippen molar-refractivity contribution in [2.45, 2.75) is 19.1 Å². The monoisotopic (exact) mass is 364 g/mol. The normalized spacial score (nSPS) is 20.0. The molecule has 0 aliphatic carbocycles. The van der Waals surface area contributed by atoms with Crippen LogP contribution in [-0.2, 0) is 15.6 Å². The molecule has 2 aromatic rings. The molecule has 2 amide bonds. The van der Waals surface area contributed by atoms with Gasteiger partial charge in [-0.15, -0.1) is 0 Å². The quantitative estimate of drug-likeness (QED) is 0.897. The number of carbonyl (C=O) groups excluding carboxylic acids is 2. The number of ether oxygens (including phenoxy) is 2. The number of fused-ring (bicyclic) bond motifs is 3. The van der Waals surface area contributed by atoms with Crippen LogP contribution in [0.1, 0.15) is 12.7 Å². The molecule has 136 valence electrons. The van der Waals surface area contributed by atoms with Crippen LogP contribution in [0.3, 0.4) is 0 Å². The first-order chi connectivity index (χ1) is 12.3. The van der Waals surface area contributed by atoms with Gasteiger partial charge in [-0.05, 0) is 12.1 Å². The average Bonchev–Trinajstić information content (AvgIpc) is 3.19. The molecule has 8 nitrogen and oxygen atoms in total. The summed E-state index contributed by atoms with van der Waals surface area (Å²) in [6.45, 7) is 1.72. The fourth-order valence-electron chi connectivity index (χ4n) is 2.94. The Morgan fingerprint density at radius 2 is 2.27 bits per heavy atom. The Labute approximate surface area is 146 Å².